The minimum absolute atomic E-state index is 0.192. The van der Waals surface area contributed by atoms with E-state index in [1.165, 1.54) is 19.2 Å². The van der Waals surface area contributed by atoms with Gasteiger partial charge in [-0.25, -0.2) is 8.42 Å². The lowest BCUT2D eigenvalue weighted by molar-refractivity contribution is 0.102. The average molecular weight is 442 g/mol. The number of halogens is 1. The van der Waals surface area contributed by atoms with Gasteiger partial charge in [-0.15, -0.1) is 0 Å². The lowest BCUT2D eigenvalue weighted by Crippen LogP contribution is -2.12. The highest BCUT2D eigenvalue weighted by Gasteiger charge is 2.16. The van der Waals surface area contributed by atoms with E-state index in [0.717, 1.165) is 12.7 Å². The van der Waals surface area contributed by atoms with E-state index in [1.807, 2.05) is 6.92 Å². The molecule has 26 heavy (non-hydrogen) atoms. The Kier molecular flexibility index (Phi) is 6.66. The molecule has 2 rings (SSSR count). The molecule has 0 aliphatic carbocycles. The Morgan fingerprint density at radius 2 is 1.85 bits per heavy atom. The maximum atomic E-state index is 12.5. The van der Waals surface area contributed by atoms with E-state index < -0.39 is 9.84 Å². The molecule has 0 saturated carbocycles. The van der Waals surface area contributed by atoms with Gasteiger partial charge in [-0.1, -0.05) is 6.92 Å². The molecule has 140 valence electrons. The maximum absolute atomic E-state index is 12.5. The summed E-state index contributed by atoms with van der Waals surface area (Å²) in [7, 11) is -1.77. The first-order chi connectivity index (χ1) is 12.3. The molecule has 1 N–H and O–H groups in total. The van der Waals surface area contributed by atoms with Crippen molar-refractivity contribution in [3.8, 4) is 11.5 Å². The highest BCUT2D eigenvalue weighted by Crippen LogP contribution is 2.37. The number of anilines is 1. The van der Waals surface area contributed by atoms with Crippen molar-refractivity contribution < 1.29 is 22.7 Å². The first kappa shape index (κ1) is 20.3. The Morgan fingerprint density at radius 3 is 2.38 bits per heavy atom. The second kappa shape index (κ2) is 8.55. The zero-order valence-corrected chi connectivity index (χ0v) is 17.1. The zero-order chi connectivity index (χ0) is 19.3. The third kappa shape index (κ3) is 4.98. The van der Waals surface area contributed by atoms with Crippen LogP contribution in [0, 0.1) is 0 Å². The maximum Gasteiger partial charge on any atom is 0.255 e. The van der Waals surface area contributed by atoms with Crippen LogP contribution >= 0.6 is 15.9 Å². The normalized spacial score (nSPS) is 11.1. The summed E-state index contributed by atoms with van der Waals surface area (Å²) in [4.78, 5) is 12.7. The van der Waals surface area contributed by atoms with Gasteiger partial charge in [-0.3, -0.25) is 4.79 Å². The largest absolute Gasteiger partial charge is 0.493 e. The van der Waals surface area contributed by atoms with E-state index in [9.17, 15) is 13.2 Å². The Morgan fingerprint density at radius 1 is 1.19 bits per heavy atom. The summed E-state index contributed by atoms with van der Waals surface area (Å²) >= 11 is 3.40. The van der Waals surface area contributed by atoms with Gasteiger partial charge in [0.05, 0.1) is 23.1 Å². The van der Waals surface area contributed by atoms with Gasteiger partial charge in [0.25, 0.3) is 5.91 Å². The first-order valence-electron chi connectivity index (χ1n) is 7.88. The molecule has 0 spiro atoms. The molecule has 0 radical (unpaired) electrons. The van der Waals surface area contributed by atoms with Crippen molar-refractivity contribution in [1.82, 2.24) is 0 Å². The number of nitrogens with one attached hydrogen (secondary N) is 1. The number of hydrogen-bond donors (Lipinski definition) is 1. The number of sulfone groups is 1. The number of methoxy groups -OCH3 is 1. The fraction of sp³-hybridized carbons (Fsp3) is 0.278. The highest BCUT2D eigenvalue weighted by atomic mass is 79.9. The van der Waals surface area contributed by atoms with Gasteiger partial charge in [0.15, 0.2) is 21.3 Å². The van der Waals surface area contributed by atoms with Crippen molar-refractivity contribution in [2.75, 3.05) is 25.3 Å². The second-order valence-electron chi connectivity index (χ2n) is 5.59. The standard InChI is InChI=1S/C18H20BrNO5S/c1-4-9-25-17-15(19)10-12(11-16(17)24-2)18(21)20-13-5-7-14(8-6-13)26(3,22)23/h5-8,10-11H,4,9H2,1-3H3,(H,20,21). The third-order valence-corrected chi connectivity index (χ3v) is 5.20. The number of benzene rings is 2. The monoisotopic (exact) mass is 441 g/mol. The molecule has 0 bridgehead atoms. The summed E-state index contributed by atoms with van der Waals surface area (Å²) in [5.41, 5.74) is 0.869. The molecule has 0 saturated heterocycles. The molecule has 8 heteroatoms. The SMILES string of the molecule is CCCOc1c(Br)cc(C(=O)Nc2ccc(S(C)(=O)=O)cc2)cc1OC. The summed E-state index contributed by atoms with van der Waals surface area (Å²) in [5.74, 6) is 0.645. The van der Waals surface area contributed by atoms with Crippen molar-refractivity contribution in [2.45, 2.75) is 18.2 Å². The molecule has 0 aliphatic heterocycles. The van der Waals surface area contributed by atoms with Crippen molar-refractivity contribution >= 4 is 37.4 Å². The lowest BCUT2D eigenvalue weighted by Gasteiger charge is -2.14. The van der Waals surface area contributed by atoms with Gasteiger partial charge in [0, 0.05) is 17.5 Å². The van der Waals surface area contributed by atoms with Gasteiger partial charge in [0.2, 0.25) is 0 Å². The van der Waals surface area contributed by atoms with Crippen LogP contribution in [0.5, 0.6) is 11.5 Å². The van der Waals surface area contributed by atoms with E-state index in [2.05, 4.69) is 21.2 Å². The fourth-order valence-electron chi connectivity index (χ4n) is 2.18. The number of carbonyl (C=O) groups is 1. The van der Waals surface area contributed by atoms with Crippen LogP contribution in [-0.2, 0) is 9.84 Å². The number of hydrogen-bond acceptors (Lipinski definition) is 5. The summed E-state index contributed by atoms with van der Waals surface area (Å²) in [5, 5.41) is 2.73. The molecule has 0 unspecified atom stereocenters. The van der Waals surface area contributed by atoms with Crippen LogP contribution in [0.2, 0.25) is 0 Å². The number of carbonyl (C=O) groups excluding carboxylic acids is 1. The molecule has 1 amide bonds. The fourth-order valence-corrected chi connectivity index (χ4v) is 3.37. The Hall–Kier alpha value is -2.06. The van der Waals surface area contributed by atoms with E-state index >= 15 is 0 Å². The van der Waals surface area contributed by atoms with Crippen molar-refractivity contribution in [3.63, 3.8) is 0 Å². The van der Waals surface area contributed by atoms with Gasteiger partial charge in [0.1, 0.15) is 0 Å². The lowest BCUT2D eigenvalue weighted by atomic mass is 10.1. The summed E-state index contributed by atoms with van der Waals surface area (Å²) in [6.07, 6.45) is 1.98. The van der Waals surface area contributed by atoms with Crippen LogP contribution in [0.3, 0.4) is 0 Å². The zero-order valence-electron chi connectivity index (χ0n) is 14.7. The number of rotatable bonds is 7. The van der Waals surface area contributed by atoms with Crippen molar-refractivity contribution in [1.29, 1.82) is 0 Å². The molecule has 0 aliphatic rings. The molecule has 0 fully saturated rings. The minimum atomic E-state index is -3.28. The van der Waals surface area contributed by atoms with Gasteiger partial charge in [-0.2, -0.15) is 0 Å². The predicted molar refractivity (Wildman–Crippen MR) is 104 cm³/mol. The second-order valence-corrected chi connectivity index (χ2v) is 8.46. The van der Waals surface area contributed by atoms with Crippen LogP contribution in [0.15, 0.2) is 45.8 Å². The van der Waals surface area contributed by atoms with Crippen LogP contribution < -0.4 is 14.8 Å². The Bertz CT molecular complexity index is 895. The van der Waals surface area contributed by atoms with E-state index in [4.69, 9.17) is 9.47 Å². The summed E-state index contributed by atoms with van der Waals surface area (Å²) < 4.78 is 34.5. The molecular weight excluding hydrogens is 422 g/mol. The molecule has 0 atom stereocenters. The quantitative estimate of drug-likeness (QED) is 0.704. The molecule has 2 aromatic rings. The van der Waals surface area contributed by atoms with Crippen molar-refractivity contribution in [2.24, 2.45) is 0 Å². The third-order valence-electron chi connectivity index (χ3n) is 3.48. The molecule has 0 aromatic heterocycles. The average Bonchev–Trinajstić information content (AvgIpc) is 2.59. The minimum Gasteiger partial charge on any atom is -0.493 e. The van der Waals surface area contributed by atoms with Gasteiger partial charge in [-0.05, 0) is 58.7 Å². The van der Waals surface area contributed by atoms with Crippen LogP contribution in [0.4, 0.5) is 5.69 Å². The van der Waals surface area contributed by atoms with E-state index in [0.29, 0.717) is 33.8 Å². The van der Waals surface area contributed by atoms with Gasteiger partial charge < -0.3 is 14.8 Å². The first-order valence-corrected chi connectivity index (χ1v) is 10.6. The number of ether oxygens (including phenoxy) is 2. The molecule has 6 nitrogen and oxygen atoms in total. The van der Waals surface area contributed by atoms with E-state index in [1.54, 1.807) is 24.3 Å². The molecule has 0 heterocycles. The predicted octanol–water partition coefficient (Wildman–Crippen LogP) is 3.90. The topological polar surface area (TPSA) is 81.7 Å². The summed E-state index contributed by atoms with van der Waals surface area (Å²) in [6, 6.07) is 9.22. The van der Waals surface area contributed by atoms with Gasteiger partial charge >= 0.3 is 0 Å². The van der Waals surface area contributed by atoms with E-state index in [-0.39, 0.29) is 10.8 Å². The Balaban J connectivity index is 2.23. The van der Waals surface area contributed by atoms with Crippen LogP contribution in [0.25, 0.3) is 0 Å². The van der Waals surface area contributed by atoms with Crippen molar-refractivity contribution in [3.05, 3.63) is 46.4 Å². The molecular formula is C18H20BrNO5S. The number of amides is 1. The highest BCUT2D eigenvalue weighted by molar-refractivity contribution is 9.10. The Labute approximate surface area is 161 Å². The molecule has 2 aromatic carbocycles. The summed E-state index contributed by atoms with van der Waals surface area (Å²) in [6.45, 7) is 2.53. The smallest absolute Gasteiger partial charge is 0.255 e. The van der Waals surface area contributed by atoms with Crippen LogP contribution in [-0.4, -0.2) is 34.3 Å². The van der Waals surface area contributed by atoms with Crippen LogP contribution in [0.1, 0.15) is 23.7 Å².